The third-order valence-electron chi connectivity index (χ3n) is 2.96. The summed E-state index contributed by atoms with van der Waals surface area (Å²) in [7, 11) is 1.30. The molecule has 1 rings (SSSR count). The van der Waals surface area contributed by atoms with Crippen LogP contribution in [0.15, 0.2) is 18.7 Å². The molecule has 1 aromatic heterocycles. The number of carbonyl (C=O) groups excluding carboxylic acids is 2. The molecule has 1 atom stereocenters. The van der Waals surface area contributed by atoms with Crippen molar-refractivity contribution in [2.75, 3.05) is 7.11 Å². The number of methoxy groups -OCH3 is 1. The summed E-state index contributed by atoms with van der Waals surface area (Å²) in [5.41, 5.74) is 0. The quantitative estimate of drug-likeness (QED) is 0.511. The summed E-state index contributed by atoms with van der Waals surface area (Å²) in [6.07, 6.45) is 9.19. The second kappa shape index (κ2) is 9.12. The molecule has 0 aliphatic carbocycles. The van der Waals surface area contributed by atoms with E-state index in [1.807, 2.05) is 10.8 Å². The number of unbranched alkanes of at least 4 members (excludes halogenated alkanes) is 3. The zero-order valence-corrected chi connectivity index (χ0v) is 12.1. The maximum absolute atomic E-state index is 11.4. The lowest BCUT2D eigenvalue weighted by Gasteiger charge is -2.14. The summed E-state index contributed by atoms with van der Waals surface area (Å²) in [6.45, 7) is 2.24. The van der Waals surface area contributed by atoms with Gasteiger partial charge in [-0.1, -0.05) is 12.8 Å². The summed E-state index contributed by atoms with van der Waals surface area (Å²) in [4.78, 5) is 26.3. The smallest absolute Gasteiger partial charge is 0.347 e. The van der Waals surface area contributed by atoms with Crippen LogP contribution >= 0.6 is 0 Å². The van der Waals surface area contributed by atoms with Gasteiger partial charge in [0.2, 0.25) is 0 Å². The van der Waals surface area contributed by atoms with E-state index < -0.39 is 18.0 Å². The minimum atomic E-state index is -0.772. The summed E-state index contributed by atoms with van der Waals surface area (Å²) in [6, 6.07) is 0. The van der Waals surface area contributed by atoms with Crippen LogP contribution < -0.4 is 0 Å². The maximum Gasteiger partial charge on any atom is 0.347 e. The molecule has 112 valence electrons. The van der Waals surface area contributed by atoms with Crippen molar-refractivity contribution in [2.24, 2.45) is 0 Å². The van der Waals surface area contributed by atoms with Crippen LogP contribution in [-0.2, 0) is 25.6 Å². The molecule has 0 amide bonds. The van der Waals surface area contributed by atoms with Crippen molar-refractivity contribution in [3.63, 3.8) is 0 Å². The molecule has 0 saturated heterocycles. The van der Waals surface area contributed by atoms with Gasteiger partial charge in [0, 0.05) is 25.9 Å². The monoisotopic (exact) mass is 282 g/mol. The Morgan fingerprint density at radius 2 is 2.00 bits per heavy atom. The van der Waals surface area contributed by atoms with Crippen LogP contribution in [0.3, 0.4) is 0 Å². The van der Waals surface area contributed by atoms with E-state index in [1.54, 1.807) is 12.5 Å². The largest absolute Gasteiger partial charge is 0.466 e. The van der Waals surface area contributed by atoms with Gasteiger partial charge in [0.05, 0.1) is 13.4 Å². The van der Waals surface area contributed by atoms with E-state index in [4.69, 9.17) is 4.74 Å². The lowest BCUT2D eigenvalue weighted by molar-refractivity contribution is -0.165. The molecule has 20 heavy (non-hydrogen) atoms. The highest BCUT2D eigenvalue weighted by Crippen LogP contribution is 2.10. The molecular formula is C14H22N2O4. The molecule has 0 bridgehead atoms. The first kappa shape index (κ1) is 16.2. The summed E-state index contributed by atoms with van der Waals surface area (Å²) < 4.78 is 11.6. The van der Waals surface area contributed by atoms with Crippen molar-refractivity contribution in [3.05, 3.63) is 18.7 Å². The third-order valence-corrected chi connectivity index (χ3v) is 2.96. The Morgan fingerprint density at radius 3 is 2.60 bits per heavy atom. The van der Waals surface area contributed by atoms with E-state index in [1.165, 1.54) is 14.0 Å². The molecule has 0 aliphatic heterocycles. The summed E-state index contributed by atoms with van der Waals surface area (Å²) in [5, 5.41) is 0. The summed E-state index contributed by atoms with van der Waals surface area (Å²) >= 11 is 0. The Morgan fingerprint density at radius 1 is 1.25 bits per heavy atom. The van der Waals surface area contributed by atoms with E-state index in [9.17, 15) is 9.59 Å². The number of hydrogen-bond acceptors (Lipinski definition) is 5. The highest BCUT2D eigenvalue weighted by atomic mass is 16.6. The third kappa shape index (κ3) is 6.36. The fourth-order valence-corrected chi connectivity index (χ4v) is 1.95. The van der Waals surface area contributed by atoms with Crippen LogP contribution in [0.25, 0.3) is 0 Å². The van der Waals surface area contributed by atoms with Crippen molar-refractivity contribution in [1.82, 2.24) is 9.55 Å². The van der Waals surface area contributed by atoms with Crippen molar-refractivity contribution < 1.29 is 19.1 Å². The highest BCUT2D eigenvalue weighted by molar-refractivity contribution is 5.78. The number of aromatic nitrogens is 2. The number of imidazole rings is 1. The zero-order chi connectivity index (χ0) is 14.8. The Kier molecular flexibility index (Phi) is 7.39. The van der Waals surface area contributed by atoms with Crippen LogP contribution in [0, 0.1) is 0 Å². The van der Waals surface area contributed by atoms with Crippen LogP contribution in [0.1, 0.15) is 39.0 Å². The van der Waals surface area contributed by atoms with E-state index in [2.05, 4.69) is 9.72 Å². The molecule has 1 aromatic rings. The molecule has 6 heteroatoms. The lowest BCUT2D eigenvalue weighted by atomic mass is 10.1. The molecule has 0 N–H and O–H groups in total. The molecule has 6 nitrogen and oxygen atoms in total. The number of rotatable bonds is 9. The molecule has 1 heterocycles. The van der Waals surface area contributed by atoms with Gasteiger partial charge in [0.25, 0.3) is 0 Å². The topological polar surface area (TPSA) is 70.4 Å². The molecule has 0 aliphatic rings. The Bertz CT molecular complexity index is 403. The Labute approximate surface area is 119 Å². The van der Waals surface area contributed by atoms with Gasteiger partial charge < -0.3 is 14.0 Å². The first-order valence-corrected chi connectivity index (χ1v) is 6.84. The van der Waals surface area contributed by atoms with Gasteiger partial charge >= 0.3 is 11.9 Å². The fourth-order valence-electron chi connectivity index (χ4n) is 1.95. The van der Waals surface area contributed by atoms with Crippen LogP contribution in [0.2, 0.25) is 0 Å². The molecule has 0 saturated carbocycles. The van der Waals surface area contributed by atoms with Gasteiger partial charge in [-0.15, -0.1) is 0 Å². The second-order valence-corrected chi connectivity index (χ2v) is 4.62. The Hall–Kier alpha value is -1.85. The summed E-state index contributed by atoms with van der Waals surface area (Å²) in [5.74, 6) is -0.945. The van der Waals surface area contributed by atoms with Crippen molar-refractivity contribution >= 4 is 11.9 Å². The number of hydrogen-bond donors (Lipinski definition) is 0. The number of aryl methyl sites for hydroxylation is 1. The lowest BCUT2D eigenvalue weighted by Crippen LogP contribution is -2.27. The molecule has 0 fully saturated rings. The molecular weight excluding hydrogens is 260 g/mol. The van der Waals surface area contributed by atoms with Gasteiger partial charge in [0.1, 0.15) is 0 Å². The number of esters is 2. The minimum Gasteiger partial charge on any atom is -0.466 e. The standard InChI is InChI=1S/C14H22N2O4/c1-12(17)20-13(14(18)19-2)7-5-3-4-6-9-16-10-8-15-11-16/h8,10-11,13H,3-7,9H2,1-2H3/t13-/m1/s1. The Balaban J connectivity index is 2.13. The first-order valence-electron chi connectivity index (χ1n) is 6.84. The van der Waals surface area contributed by atoms with Gasteiger partial charge in [0.15, 0.2) is 6.10 Å². The predicted molar refractivity (Wildman–Crippen MR) is 72.9 cm³/mol. The first-order chi connectivity index (χ1) is 9.63. The van der Waals surface area contributed by atoms with Crippen molar-refractivity contribution in [3.8, 4) is 0 Å². The van der Waals surface area contributed by atoms with E-state index >= 15 is 0 Å². The van der Waals surface area contributed by atoms with Gasteiger partial charge in [-0.25, -0.2) is 9.78 Å². The minimum absolute atomic E-state index is 0.458. The van der Waals surface area contributed by atoms with Crippen molar-refractivity contribution in [2.45, 2.75) is 51.7 Å². The van der Waals surface area contributed by atoms with E-state index in [-0.39, 0.29) is 0 Å². The molecule has 0 radical (unpaired) electrons. The second-order valence-electron chi connectivity index (χ2n) is 4.62. The van der Waals surface area contributed by atoms with Crippen LogP contribution in [0.5, 0.6) is 0 Å². The number of nitrogens with zero attached hydrogens (tertiary/aromatic N) is 2. The zero-order valence-electron chi connectivity index (χ0n) is 12.1. The number of ether oxygens (including phenoxy) is 2. The van der Waals surface area contributed by atoms with Gasteiger partial charge in [-0.2, -0.15) is 0 Å². The van der Waals surface area contributed by atoms with E-state index in [0.29, 0.717) is 6.42 Å². The average molecular weight is 282 g/mol. The van der Waals surface area contributed by atoms with Gasteiger partial charge in [-0.05, 0) is 19.3 Å². The fraction of sp³-hybridized carbons (Fsp3) is 0.643. The molecule has 0 aromatic carbocycles. The average Bonchev–Trinajstić information content (AvgIpc) is 2.93. The van der Waals surface area contributed by atoms with Crippen molar-refractivity contribution in [1.29, 1.82) is 0 Å². The molecule has 0 spiro atoms. The van der Waals surface area contributed by atoms with Crippen LogP contribution in [-0.4, -0.2) is 34.7 Å². The SMILES string of the molecule is COC(=O)[C@@H](CCCCCCn1ccnc1)OC(C)=O. The normalized spacial score (nSPS) is 11.9. The van der Waals surface area contributed by atoms with E-state index in [0.717, 1.165) is 32.2 Å². The molecule has 0 unspecified atom stereocenters. The van der Waals surface area contributed by atoms with Crippen LogP contribution in [0.4, 0.5) is 0 Å². The maximum atomic E-state index is 11.4. The predicted octanol–water partition coefficient (Wildman–Crippen LogP) is 1.94. The highest BCUT2D eigenvalue weighted by Gasteiger charge is 2.21. The van der Waals surface area contributed by atoms with Gasteiger partial charge in [-0.3, -0.25) is 4.79 Å². The number of carbonyl (C=O) groups is 2.